The van der Waals surface area contributed by atoms with Crippen LogP contribution in [0, 0.1) is 6.92 Å². The zero-order valence-corrected chi connectivity index (χ0v) is 10.5. The summed E-state index contributed by atoms with van der Waals surface area (Å²) in [5, 5.41) is 3.42. The summed E-state index contributed by atoms with van der Waals surface area (Å²) in [7, 11) is 2.01. The van der Waals surface area contributed by atoms with Crippen LogP contribution in [0.1, 0.15) is 30.2 Å². The molecule has 1 atom stereocenters. The second-order valence-electron chi connectivity index (χ2n) is 4.27. The Morgan fingerprint density at radius 1 is 1.41 bits per heavy atom. The summed E-state index contributed by atoms with van der Waals surface area (Å²) in [5.41, 5.74) is 2.11. The molecule has 0 aliphatic carbocycles. The van der Waals surface area contributed by atoms with Gasteiger partial charge in [0.25, 0.3) is 0 Å². The summed E-state index contributed by atoms with van der Waals surface area (Å²) >= 11 is 0. The molecule has 0 saturated heterocycles. The van der Waals surface area contributed by atoms with Gasteiger partial charge in [-0.15, -0.1) is 0 Å². The molecule has 0 aliphatic rings. The number of nitrogens with zero attached hydrogens (tertiary/aromatic N) is 3. The predicted octanol–water partition coefficient (Wildman–Crippen LogP) is 1.97. The molecule has 1 N–H and O–H groups in total. The number of imidazole rings is 1. The molecular formula is C13H18N4. The van der Waals surface area contributed by atoms with Crippen LogP contribution in [-0.4, -0.2) is 14.5 Å². The van der Waals surface area contributed by atoms with Gasteiger partial charge in [0.1, 0.15) is 5.82 Å². The molecule has 90 valence electrons. The average Bonchev–Trinajstić information content (AvgIpc) is 2.72. The first-order chi connectivity index (χ1) is 8.16. The molecule has 2 aromatic heterocycles. The highest BCUT2D eigenvalue weighted by Gasteiger charge is 2.09. The van der Waals surface area contributed by atoms with Crippen molar-refractivity contribution >= 4 is 0 Å². The van der Waals surface area contributed by atoms with E-state index in [1.165, 1.54) is 0 Å². The van der Waals surface area contributed by atoms with Crippen LogP contribution in [0.25, 0.3) is 0 Å². The quantitative estimate of drug-likeness (QED) is 0.873. The van der Waals surface area contributed by atoms with E-state index in [4.69, 9.17) is 0 Å². The van der Waals surface area contributed by atoms with E-state index in [2.05, 4.69) is 22.2 Å². The summed E-state index contributed by atoms with van der Waals surface area (Å²) < 4.78 is 2.03. The van der Waals surface area contributed by atoms with Gasteiger partial charge in [0.2, 0.25) is 0 Å². The minimum atomic E-state index is 0.220. The topological polar surface area (TPSA) is 42.7 Å². The maximum absolute atomic E-state index is 4.46. The largest absolute Gasteiger partial charge is 0.337 e. The van der Waals surface area contributed by atoms with Gasteiger partial charge in [0, 0.05) is 31.7 Å². The van der Waals surface area contributed by atoms with Gasteiger partial charge >= 0.3 is 0 Å². The van der Waals surface area contributed by atoms with Crippen molar-refractivity contribution < 1.29 is 0 Å². The first-order valence-corrected chi connectivity index (χ1v) is 5.80. The molecule has 0 bridgehead atoms. The third kappa shape index (κ3) is 2.91. The molecule has 0 radical (unpaired) electrons. The van der Waals surface area contributed by atoms with E-state index in [0.717, 1.165) is 23.8 Å². The van der Waals surface area contributed by atoms with E-state index in [9.17, 15) is 0 Å². The van der Waals surface area contributed by atoms with Gasteiger partial charge in [-0.2, -0.15) is 0 Å². The molecule has 4 heteroatoms. The fourth-order valence-electron chi connectivity index (χ4n) is 1.84. The highest BCUT2D eigenvalue weighted by molar-refractivity contribution is 5.10. The van der Waals surface area contributed by atoms with Crippen LogP contribution in [0.3, 0.4) is 0 Å². The first kappa shape index (κ1) is 11.8. The third-order valence-corrected chi connectivity index (χ3v) is 2.78. The number of aryl methyl sites for hydroxylation is 2. The van der Waals surface area contributed by atoms with Gasteiger partial charge in [-0.1, -0.05) is 6.07 Å². The zero-order chi connectivity index (χ0) is 12.3. The Morgan fingerprint density at radius 2 is 2.24 bits per heavy atom. The summed E-state index contributed by atoms with van der Waals surface area (Å²) in [6, 6.07) is 6.29. The second-order valence-corrected chi connectivity index (χ2v) is 4.27. The molecule has 17 heavy (non-hydrogen) atoms. The average molecular weight is 230 g/mol. The van der Waals surface area contributed by atoms with Gasteiger partial charge in [-0.3, -0.25) is 4.98 Å². The van der Waals surface area contributed by atoms with Crippen molar-refractivity contribution in [2.45, 2.75) is 26.4 Å². The molecule has 0 saturated carbocycles. The Hall–Kier alpha value is -1.68. The van der Waals surface area contributed by atoms with Crippen molar-refractivity contribution in [2.75, 3.05) is 0 Å². The van der Waals surface area contributed by atoms with Crippen LogP contribution in [0.15, 0.2) is 30.6 Å². The predicted molar refractivity (Wildman–Crippen MR) is 67.4 cm³/mol. The van der Waals surface area contributed by atoms with Gasteiger partial charge in [0.05, 0.1) is 11.7 Å². The van der Waals surface area contributed by atoms with Crippen LogP contribution in [0.5, 0.6) is 0 Å². The Labute approximate surface area is 102 Å². The normalized spacial score (nSPS) is 12.6. The van der Waals surface area contributed by atoms with Crippen molar-refractivity contribution in [1.82, 2.24) is 19.9 Å². The van der Waals surface area contributed by atoms with Crippen LogP contribution >= 0.6 is 0 Å². The lowest BCUT2D eigenvalue weighted by atomic mass is 10.2. The number of aromatic nitrogens is 3. The Bertz CT molecular complexity index is 490. The van der Waals surface area contributed by atoms with Crippen molar-refractivity contribution in [3.63, 3.8) is 0 Å². The Kier molecular flexibility index (Phi) is 3.54. The van der Waals surface area contributed by atoms with E-state index in [1.807, 2.05) is 49.1 Å². The summed E-state index contributed by atoms with van der Waals surface area (Å²) in [5.74, 6) is 1.04. The molecule has 0 fully saturated rings. The maximum atomic E-state index is 4.46. The molecule has 0 spiro atoms. The van der Waals surface area contributed by atoms with E-state index in [-0.39, 0.29) is 6.04 Å². The van der Waals surface area contributed by atoms with E-state index >= 15 is 0 Å². The van der Waals surface area contributed by atoms with Crippen molar-refractivity contribution in [1.29, 1.82) is 0 Å². The molecule has 0 amide bonds. The lowest BCUT2D eigenvalue weighted by molar-refractivity contribution is 0.525. The van der Waals surface area contributed by atoms with Gasteiger partial charge < -0.3 is 9.88 Å². The van der Waals surface area contributed by atoms with Crippen LogP contribution in [-0.2, 0) is 13.6 Å². The minimum absolute atomic E-state index is 0.220. The molecule has 2 rings (SSSR count). The number of rotatable bonds is 4. The smallest absolute Gasteiger partial charge is 0.125 e. The standard InChI is InChI=1S/C13H18N4/c1-10-5-4-6-12(16-10)9-15-11(2)13-14-7-8-17(13)3/h4-8,11,15H,9H2,1-3H3. The first-order valence-electron chi connectivity index (χ1n) is 5.80. The molecule has 2 heterocycles. The van der Waals surface area contributed by atoms with Crippen molar-refractivity contribution in [2.24, 2.45) is 7.05 Å². The highest BCUT2D eigenvalue weighted by atomic mass is 15.1. The minimum Gasteiger partial charge on any atom is -0.337 e. The van der Waals surface area contributed by atoms with Crippen molar-refractivity contribution in [3.8, 4) is 0 Å². The lowest BCUT2D eigenvalue weighted by Crippen LogP contribution is -2.21. The Balaban J connectivity index is 1.97. The second kappa shape index (κ2) is 5.10. The van der Waals surface area contributed by atoms with Gasteiger partial charge in [-0.05, 0) is 26.0 Å². The van der Waals surface area contributed by atoms with Crippen LogP contribution in [0.4, 0.5) is 0 Å². The molecule has 0 aromatic carbocycles. The maximum Gasteiger partial charge on any atom is 0.125 e. The number of pyridine rings is 1. The van der Waals surface area contributed by atoms with E-state index < -0.39 is 0 Å². The monoisotopic (exact) mass is 230 g/mol. The van der Waals surface area contributed by atoms with E-state index in [1.54, 1.807) is 0 Å². The summed E-state index contributed by atoms with van der Waals surface area (Å²) in [6.07, 6.45) is 3.77. The van der Waals surface area contributed by atoms with Crippen molar-refractivity contribution in [3.05, 3.63) is 47.8 Å². The highest BCUT2D eigenvalue weighted by Crippen LogP contribution is 2.09. The SMILES string of the molecule is Cc1cccc(CNC(C)c2nccn2C)n1. The van der Waals surface area contributed by atoms with Crippen LogP contribution < -0.4 is 5.32 Å². The fraction of sp³-hybridized carbons (Fsp3) is 0.385. The van der Waals surface area contributed by atoms with E-state index in [0.29, 0.717) is 0 Å². The zero-order valence-electron chi connectivity index (χ0n) is 10.5. The molecule has 0 aliphatic heterocycles. The summed E-state index contributed by atoms with van der Waals surface area (Å²) in [4.78, 5) is 8.78. The van der Waals surface area contributed by atoms with Gasteiger partial charge in [0.15, 0.2) is 0 Å². The number of hydrogen-bond donors (Lipinski definition) is 1. The third-order valence-electron chi connectivity index (χ3n) is 2.78. The fourth-order valence-corrected chi connectivity index (χ4v) is 1.84. The number of nitrogens with one attached hydrogen (secondary N) is 1. The Morgan fingerprint density at radius 3 is 2.88 bits per heavy atom. The molecular weight excluding hydrogens is 212 g/mol. The molecule has 2 aromatic rings. The number of hydrogen-bond acceptors (Lipinski definition) is 3. The van der Waals surface area contributed by atoms with Gasteiger partial charge in [-0.25, -0.2) is 4.98 Å². The molecule has 4 nitrogen and oxygen atoms in total. The van der Waals surface area contributed by atoms with Crippen LogP contribution in [0.2, 0.25) is 0 Å². The summed E-state index contributed by atoms with van der Waals surface area (Å²) in [6.45, 7) is 4.87. The lowest BCUT2D eigenvalue weighted by Gasteiger charge is -2.13. The molecule has 1 unspecified atom stereocenters.